The molecule has 0 radical (unpaired) electrons. The molecule has 0 spiro atoms. The van der Waals surface area contributed by atoms with E-state index in [-0.39, 0.29) is 0 Å². The molecule has 3 heterocycles. The van der Waals surface area contributed by atoms with Crippen molar-refractivity contribution in [1.82, 2.24) is 4.98 Å². The average Bonchev–Trinajstić information content (AvgIpc) is 3.95. The van der Waals surface area contributed by atoms with E-state index in [4.69, 9.17) is 18.2 Å². The summed E-state index contributed by atoms with van der Waals surface area (Å²) in [6, 6.07) is 62.8. The number of rotatable bonds is 6. The predicted octanol–water partition coefficient (Wildman–Crippen LogP) is 14.1. The second-order valence-corrected chi connectivity index (χ2v) is 13.5. The molecule has 54 heavy (non-hydrogen) atoms. The van der Waals surface area contributed by atoms with Gasteiger partial charge in [0, 0.05) is 39.2 Å². The van der Waals surface area contributed by atoms with Crippen molar-refractivity contribution in [3.8, 4) is 33.7 Å². The highest BCUT2D eigenvalue weighted by Crippen LogP contribution is 2.45. The van der Waals surface area contributed by atoms with Gasteiger partial charge in [0.2, 0.25) is 5.89 Å². The summed E-state index contributed by atoms with van der Waals surface area (Å²) in [6.45, 7) is 0. The molecule has 0 fully saturated rings. The maximum absolute atomic E-state index is 6.60. The highest BCUT2D eigenvalue weighted by molar-refractivity contribution is 6.15. The van der Waals surface area contributed by atoms with Crippen molar-refractivity contribution in [2.24, 2.45) is 0 Å². The zero-order chi connectivity index (χ0) is 35.6. The molecule has 0 bridgehead atoms. The van der Waals surface area contributed by atoms with Gasteiger partial charge in [-0.2, -0.15) is 0 Å². The number of benzene rings is 8. The van der Waals surface area contributed by atoms with Crippen molar-refractivity contribution >= 4 is 72.0 Å². The van der Waals surface area contributed by atoms with Crippen LogP contribution in [0, 0.1) is 0 Å². The zero-order valence-electron chi connectivity index (χ0n) is 28.9. The third kappa shape index (κ3) is 4.90. The molecule has 8 aromatic carbocycles. The summed E-state index contributed by atoms with van der Waals surface area (Å²) in [5.74, 6) is 0.573. The number of hydrogen-bond donors (Lipinski definition) is 0. The van der Waals surface area contributed by atoms with Crippen LogP contribution in [0.3, 0.4) is 0 Å². The summed E-state index contributed by atoms with van der Waals surface area (Å²) in [4.78, 5) is 7.11. The first-order chi connectivity index (χ1) is 26.7. The van der Waals surface area contributed by atoms with Gasteiger partial charge < -0.3 is 18.2 Å². The van der Waals surface area contributed by atoms with Crippen LogP contribution in [0.4, 0.5) is 17.1 Å². The minimum Gasteiger partial charge on any atom is -0.456 e. The second kappa shape index (κ2) is 12.1. The highest BCUT2D eigenvalue weighted by atomic mass is 16.4. The van der Waals surface area contributed by atoms with Crippen LogP contribution in [-0.2, 0) is 0 Å². The van der Waals surface area contributed by atoms with Gasteiger partial charge >= 0.3 is 0 Å². The number of furan rings is 2. The number of para-hydroxylation sites is 3. The lowest BCUT2D eigenvalue weighted by atomic mass is 10.00. The predicted molar refractivity (Wildman–Crippen MR) is 220 cm³/mol. The van der Waals surface area contributed by atoms with Crippen molar-refractivity contribution in [2.45, 2.75) is 0 Å². The molecule has 0 N–H and O–H groups in total. The Morgan fingerprint density at radius 2 is 0.944 bits per heavy atom. The Hall–Kier alpha value is -7.37. The van der Waals surface area contributed by atoms with Crippen LogP contribution in [0.5, 0.6) is 0 Å². The van der Waals surface area contributed by atoms with Crippen LogP contribution in [0.25, 0.3) is 88.7 Å². The van der Waals surface area contributed by atoms with Crippen molar-refractivity contribution < 1.29 is 13.3 Å². The highest BCUT2D eigenvalue weighted by Gasteiger charge is 2.22. The van der Waals surface area contributed by atoms with Crippen molar-refractivity contribution in [3.63, 3.8) is 0 Å². The Labute approximate surface area is 309 Å². The number of aromatic nitrogens is 1. The molecule has 0 unspecified atom stereocenters. The molecule has 254 valence electrons. The molecule has 3 aromatic heterocycles. The molecule has 11 aromatic rings. The molecule has 0 atom stereocenters. The molecule has 11 rings (SSSR count). The number of anilines is 3. The molecule has 0 aliphatic rings. The van der Waals surface area contributed by atoms with E-state index in [1.54, 1.807) is 0 Å². The molecule has 0 saturated carbocycles. The van der Waals surface area contributed by atoms with Gasteiger partial charge in [0.05, 0.1) is 11.1 Å². The first kappa shape index (κ1) is 30.3. The van der Waals surface area contributed by atoms with Crippen LogP contribution in [0.2, 0.25) is 0 Å². The van der Waals surface area contributed by atoms with Crippen LogP contribution in [0.15, 0.2) is 195 Å². The Morgan fingerprint density at radius 1 is 0.370 bits per heavy atom. The quantitative estimate of drug-likeness (QED) is 0.173. The fraction of sp³-hybridized carbons (Fsp3) is 0. The lowest BCUT2D eigenvalue weighted by Gasteiger charge is -2.26. The third-order valence-corrected chi connectivity index (χ3v) is 10.3. The second-order valence-electron chi connectivity index (χ2n) is 13.5. The fourth-order valence-electron chi connectivity index (χ4n) is 7.78. The van der Waals surface area contributed by atoms with E-state index >= 15 is 0 Å². The molecule has 0 aliphatic carbocycles. The Morgan fingerprint density at radius 3 is 1.72 bits per heavy atom. The molecule has 5 nitrogen and oxygen atoms in total. The largest absolute Gasteiger partial charge is 0.456 e. The van der Waals surface area contributed by atoms with E-state index in [9.17, 15) is 0 Å². The Bertz CT molecular complexity index is 3120. The van der Waals surface area contributed by atoms with E-state index < -0.39 is 0 Å². The van der Waals surface area contributed by atoms with Crippen LogP contribution >= 0.6 is 0 Å². The van der Waals surface area contributed by atoms with E-state index in [1.807, 2.05) is 66.7 Å². The summed E-state index contributed by atoms with van der Waals surface area (Å²) >= 11 is 0. The normalized spacial score (nSPS) is 11.7. The molecule has 5 heteroatoms. The van der Waals surface area contributed by atoms with Crippen LogP contribution in [0.1, 0.15) is 0 Å². The smallest absolute Gasteiger partial charge is 0.228 e. The number of nitrogens with zero attached hydrogens (tertiary/aromatic N) is 2. The SMILES string of the molecule is c1ccc(-c2ccc(-c3ccc(N(c4ccc5c(c4)oc4cccc(-c6nc7ccccc7o6)c45)c4cccc5oc6ccccc6c45)cc3)cc2)cc1. The van der Waals surface area contributed by atoms with Gasteiger partial charge in [-0.1, -0.05) is 109 Å². The first-order valence-electron chi connectivity index (χ1n) is 18.0. The Balaban J connectivity index is 1.06. The van der Waals surface area contributed by atoms with Crippen molar-refractivity contribution in [2.75, 3.05) is 4.90 Å². The van der Waals surface area contributed by atoms with Crippen LogP contribution in [-0.4, -0.2) is 4.98 Å². The lowest BCUT2D eigenvalue weighted by molar-refractivity contribution is 0.620. The topological polar surface area (TPSA) is 55.6 Å². The van der Waals surface area contributed by atoms with Gasteiger partial charge in [-0.15, -0.1) is 0 Å². The van der Waals surface area contributed by atoms with Gasteiger partial charge in [0.1, 0.15) is 27.8 Å². The standard InChI is InChI=1S/C49H30N2O3/c1-2-10-31(11-3-1)32-20-22-33(23-21-32)34-24-26-35(27-25-34)51(41-15-9-19-45-48(41)37-12-4-6-16-42(37)52-45)36-28-29-38-46(30-36)53-44-18-8-13-39(47(38)44)49-50-40-14-5-7-17-43(40)54-49/h1-30H. The molecule has 0 saturated heterocycles. The molecule has 0 aliphatic heterocycles. The summed E-state index contributed by atoms with van der Waals surface area (Å²) in [7, 11) is 0. The van der Waals surface area contributed by atoms with Gasteiger partial charge in [-0.25, -0.2) is 4.98 Å². The van der Waals surface area contributed by atoms with E-state index in [2.05, 4.69) is 120 Å². The first-order valence-corrected chi connectivity index (χ1v) is 18.0. The molecular formula is C49H30N2O3. The summed E-state index contributed by atoms with van der Waals surface area (Å²) in [6.07, 6.45) is 0. The van der Waals surface area contributed by atoms with Crippen molar-refractivity contribution in [1.29, 1.82) is 0 Å². The zero-order valence-corrected chi connectivity index (χ0v) is 28.9. The summed E-state index contributed by atoms with van der Waals surface area (Å²) in [5.41, 5.74) is 13.4. The van der Waals surface area contributed by atoms with E-state index in [0.29, 0.717) is 5.89 Å². The van der Waals surface area contributed by atoms with Gasteiger partial charge in [0.15, 0.2) is 5.58 Å². The summed E-state index contributed by atoms with van der Waals surface area (Å²) < 4.78 is 19.2. The third-order valence-electron chi connectivity index (χ3n) is 10.3. The maximum atomic E-state index is 6.60. The lowest BCUT2D eigenvalue weighted by Crippen LogP contribution is -2.10. The molecule has 0 amide bonds. The summed E-state index contributed by atoms with van der Waals surface area (Å²) in [5, 5.41) is 4.09. The maximum Gasteiger partial charge on any atom is 0.228 e. The Kier molecular flexibility index (Phi) is 6.79. The van der Waals surface area contributed by atoms with E-state index in [0.717, 1.165) is 88.7 Å². The number of hydrogen-bond acceptors (Lipinski definition) is 5. The monoisotopic (exact) mass is 694 g/mol. The molecular weight excluding hydrogens is 665 g/mol. The van der Waals surface area contributed by atoms with Crippen molar-refractivity contribution in [3.05, 3.63) is 182 Å². The average molecular weight is 695 g/mol. The van der Waals surface area contributed by atoms with Gasteiger partial charge in [0.25, 0.3) is 0 Å². The number of fused-ring (bicyclic) bond motifs is 7. The van der Waals surface area contributed by atoms with E-state index in [1.165, 1.54) is 11.1 Å². The minimum absolute atomic E-state index is 0.573. The van der Waals surface area contributed by atoms with Crippen LogP contribution < -0.4 is 4.90 Å². The van der Waals surface area contributed by atoms with Gasteiger partial charge in [-0.3, -0.25) is 0 Å². The minimum atomic E-state index is 0.573. The number of oxazole rings is 1. The fourth-order valence-corrected chi connectivity index (χ4v) is 7.78. The van der Waals surface area contributed by atoms with Gasteiger partial charge in [-0.05, 0) is 89.0 Å².